The van der Waals surface area contributed by atoms with E-state index >= 15 is 0 Å². The first-order valence-electron chi connectivity index (χ1n) is 7.41. The van der Waals surface area contributed by atoms with E-state index in [1.54, 1.807) is 0 Å². The highest BCUT2D eigenvalue weighted by Crippen LogP contribution is 2.28. The van der Waals surface area contributed by atoms with E-state index in [4.69, 9.17) is 4.74 Å². The van der Waals surface area contributed by atoms with Crippen molar-refractivity contribution in [3.05, 3.63) is 0 Å². The molecule has 2 rings (SSSR count). The first-order chi connectivity index (χ1) is 9.11. The number of carbonyl (C=O) groups excluding carboxylic acids is 1. The minimum absolute atomic E-state index is 0.0226. The molecular formula is C14H27N3O2. The number of hydrogen-bond donors (Lipinski definition) is 2. The number of nitrogens with one attached hydrogen (secondary N) is 2. The van der Waals surface area contributed by atoms with Crippen LogP contribution in [0, 0.1) is 5.41 Å². The number of piperazine rings is 1. The number of amides is 1. The topological polar surface area (TPSA) is 53.6 Å². The third kappa shape index (κ3) is 4.16. The predicted octanol–water partition coefficient (Wildman–Crippen LogP) is 0.213. The van der Waals surface area contributed by atoms with Crippen LogP contribution in [-0.4, -0.2) is 62.8 Å². The number of hydrogen-bond acceptors (Lipinski definition) is 4. The fourth-order valence-electron chi connectivity index (χ4n) is 2.72. The van der Waals surface area contributed by atoms with Crippen molar-refractivity contribution >= 4 is 5.91 Å². The highest BCUT2D eigenvalue weighted by atomic mass is 16.5. The van der Waals surface area contributed by atoms with Crippen molar-refractivity contribution in [1.82, 2.24) is 15.5 Å². The van der Waals surface area contributed by atoms with Gasteiger partial charge in [-0.1, -0.05) is 6.92 Å². The van der Waals surface area contributed by atoms with Crippen molar-refractivity contribution in [2.75, 3.05) is 45.9 Å². The molecule has 2 saturated heterocycles. The Morgan fingerprint density at radius 3 is 2.63 bits per heavy atom. The lowest BCUT2D eigenvalue weighted by molar-refractivity contribution is -0.127. The van der Waals surface area contributed by atoms with E-state index in [1.807, 2.05) is 6.92 Å². The summed E-state index contributed by atoms with van der Waals surface area (Å²) in [5.41, 5.74) is 0.205. The molecule has 1 unspecified atom stereocenters. The fraction of sp³-hybridized carbons (Fsp3) is 0.929. The predicted molar refractivity (Wildman–Crippen MR) is 75.1 cm³/mol. The second kappa shape index (κ2) is 6.68. The summed E-state index contributed by atoms with van der Waals surface area (Å²) in [5, 5.41) is 6.44. The summed E-state index contributed by atoms with van der Waals surface area (Å²) in [6, 6.07) is -0.0226. The standard InChI is InChI=1S/C14H27N3O2/c1-12(17-7-5-15-6-8-17)13(18)16-11-14(2)3-9-19-10-4-14/h12,15H,3-11H2,1-2H3,(H,16,18). The number of nitrogens with zero attached hydrogens (tertiary/aromatic N) is 1. The maximum atomic E-state index is 12.2. The fourth-order valence-corrected chi connectivity index (χ4v) is 2.72. The second-order valence-corrected chi connectivity index (χ2v) is 6.10. The van der Waals surface area contributed by atoms with E-state index in [0.717, 1.165) is 58.8 Å². The Morgan fingerprint density at radius 2 is 2.00 bits per heavy atom. The van der Waals surface area contributed by atoms with Crippen LogP contribution in [0.15, 0.2) is 0 Å². The van der Waals surface area contributed by atoms with Crippen LogP contribution < -0.4 is 10.6 Å². The average molecular weight is 269 g/mol. The number of carbonyl (C=O) groups is 1. The molecule has 2 aliphatic rings. The molecule has 0 aromatic heterocycles. The van der Waals surface area contributed by atoms with Crippen LogP contribution in [0.25, 0.3) is 0 Å². The molecule has 0 aliphatic carbocycles. The summed E-state index contributed by atoms with van der Waals surface area (Å²) >= 11 is 0. The van der Waals surface area contributed by atoms with E-state index in [0.29, 0.717) is 0 Å². The Balaban J connectivity index is 1.76. The van der Waals surface area contributed by atoms with Crippen LogP contribution in [0.3, 0.4) is 0 Å². The number of rotatable bonds is 4. The molecule has 0 bridgehead atoms. The molecule has 0 aromatic rings. The molecule has 1 atom stereocenters. The van der Waals surface area contributed by atoms with Crippen LogP contribution in [0.4, 0.5) is 0 Å². The molecule has 5 heteroatoms. The van der Waals surface area contributed by atoms with Crippen molar-refractivity contribution < 1.29 is 9.53 Å². The lowest BCUT2D eigenvalue weighted by Gasteiger charge is -2.35. The molecule has 110 valence electrons. The van der Waals surface area contributed by atoms with Crippen molar-refractivity contribution in [2.24, 2.45) is 5.41 Å². The summed E-state index contributed by atoms with van der Waals surface area (Å²) < 4.78 is 5.39. The Labute approximate surface area is 116 Å². The Bertz CT molecular complexity index is 297. The SMILES string of the molecule is CC(C(=O)NCC1(C)CCOCC1)N1CCNCC1. The summed E-state index contributed by atoms with van der Waals surface area (Å²) in [5.74, 6) is 0.162. The van der Waals surface area contributed by atoms with Crippen molar-refractivity contribution in [1.29, 1.82) is 0 Å². The maximum absolute atomic E-state index is 12.2. The van der Waals surface area contributed by atoms with Gasteiger partial charge in [-0.25, -0.2) is 0 Å². The Hall–Kier alpha value is -0.650. The van der Waals surface area contributed by atoms with Gasteiger partial charge in [-0.05, 0) is 25.2 Å². The van der Waals surface area contributed by atoms with Gasteiger partial charge in [0.25, 0.3) is 0 Å². The van der Waals surface area contributed by atoms with Gasteiger partial charge in [0.05, 0.1) is 6.04 Å². The quantitative estimate of drug-likeness (QED) is 0.766. The van der Waals surface area contributed by atoms with Gasteiger partial charge in [0.15, 0.2) is 0 Å². The molecule has 2 heterocycles. The van der Waals surface area contributed by atoms with Crippen molar-refractivity contribution in [2.45, 2.75) is 32.7 Å². The highest BCUT2D eigenvalue weighted by molar-refractivity contribution is 5.81. The molecule has 2 aliphatic heterocycles. The molecule has 2 fully saturated rings. The van der Waals surface area contributed by atoms with Gasteiger partial charge < -0.3 is 15.4 Å². The Kier molecular flexibility index (Phi) is 5.19. The first-order valence-corrected chi connectivity index (χ1v) is 7.41. The first kappa shape index (κ1) is 14.8. The normalized spacial score (nSPS) is 25.8. The lowest BCUT2D eigenvalue weighted by Crippen LogP contribution is -2.53. The smallest absolute Gasteiger partial charge is 0.237 e. The monoisotopic (exact) mass is 269 g/mol. The zero-order valence-corrected chi connectivity index (χ0v) is 12.2. The summed E-state index contributed by atoms with van der Waals surface area (Å²) in [7, 11) is 0. The molecule has 0 aromatic carbocycles. The van der Waals surface area contributed by atoms with Gasteiger partial charge in [0.1, 0.15) is 0 Å². The van der Waals surface area contributed by atoms with E-state index in [9.17, 15) is 4.79 Å². The molecule has 0 radical (unpaired) electrons. The van der Waals surface area contributed by atoms with Crippen LogP contribution in [0.1, 0.15) is 26.7 Å². The van der Waals surface area contributed by atoms with Gasteiger partial charge >= 0.3 is 0 Å². The highest BCUT2D eigenvalue weighted by Gasteiger charge is 2.29. The largest absolute Gasteiger partial charge is 0.381 e. The van der Waals surface area contributed by atoms with Crippen molar-refractivity contribution in [3.8, 4) is 0 Å². The average Bonchev–Trinajstić information content (AvgIpc) is 2.46. The molecular weight excluding hydrogens is 242 g/mol. The third-order valence-electron chi connectivity index (χ3n) is 4.47. The zero-order valence-electron chi connectivity index (χ0n) is 12.2. The molecule has 19 heavy (non-hydrogen) atoms. The van der Waals surface area contributed by atoms with Crippen molar-refractivity contribution in [3.63, 3.8) is 0 Å². The molecule has 1 amide bonds. The lowest BCUT2D eigenvalue weighted by atomic mass is 9.82. The van der Waals surface area contributed by atoms with Gasteiger partial charge in [0.2, 0.25) is 5.91 Å². The van der Waals surface area contributed by atoms with Gasteiger partial charge in [-0.3, -0.25) is 9.69 Å². The summed E-state index contributed by atoms with van der Waals surface area (Å²) in [6.07, 6.45) is 2.07. The molecule has 2 N–H and O–H groups in total. The van der Waals surface area contributed by atoms with Crippen LogP contribution in [-0.2, 0) is 9.53 Å². The molecule has 0 spiro atoms. The van der Waals surface area contributed by atoms with E-state index in [-0.39, 0.29) is 17.4 Å². The molecule has 0 saturated carbocycles. The van der Waals surface area contributed by atoms with E-state index < -0.39 is 0 Å². The van der Waals surface area contributed by atoms with Gasteiger partial charge in [-0.15, -0.1) is 0 Å². The van der Waals surface area contributed by atoms with E-state index in [1.165, 1.54) is 0 Å². The second-order valence-electron chi connectivity index (χ2n) is 6.10. The van der Waals surface area contributed by atoms with Gasteiger partial charge in [0, 0.05) is 45.9 Å². The number of ether oxygens (including phenoxy) is 1. The van der Waals surface area contributed by atoms with Gasteiger partial charge in [-0.2, -0.15) is 0 Å². The third-order valence-corrected chi connectivity index (χ3v) is 4.47. The van der Waals surface area contributed by atoms with Crippen LogP contribution >= 0.6 is 0 Å². The van der Waals surface area contributed by atoms with Crippen LogP contribution in [0.5, 0.6) is 0 Å². The zero-order chi connectivity index (χ0) is 13.7. The minimum atomic E-state index is -0.0226. The van der Waals surface area contributed by atoms with Crippen LogP contribution in [0.2, 0.25) is 0 Å². The minimum Gasteiger partial charge on any atom is -0.381 e. The molecule has 5 nitrogen and oxygen atoms in total. The maximum Gasteiger partial charge on any atom is 0.237 e. The Morgan fingerprint density at radius 1 is 1.37 bits per heavy atom. The van der Waals surface area contributed by atoms with E-state index in [2.05, 4.69) is 22.5 Å². The summed E-state index contributed by atoms with van der Waals surface area (Å²) in [4.78, 5) is 14.5. The summed E-state index contributed by atoms with van der Waals surface area (Å²) in [6.45, 7) is 10.5.